The van der Waals surface area contributed by atoms with Crippen LogP contribution in [0.25, 0.3) is 0 Å². The molecule has 1 aromatic rings. The first-order valence-electron chi connectivity index (χ1n) is 32.3. The zero-order valence-electron chi connectivity index (χ0n) is 53.8. The number of aromatic nitrogens is 2. The molecule has 0 aromatic carbocycles. The summed E-state index contributed by atoms with van der Waals surface area (Å²) in [5.74, 6) is -8.52. The maximum atomic E-state index is 14.7. The first-order valence-corrected chi connectivity index (χ1v) is 32.3. The number of allylic oxidation sites excluding steroid dienone is 6. The fourth-order valence-corrected chi connectivity index (χ4v) is 13.2. The van der Waals surface area contributed by atoms with Crippen molar-refractivity contribution in [3.05, 3.63) is 65.1 Å². The summed E-state index contributed by atoms with van der Waals surface area (Å²) in [5.41, 5.74) is 9.74. The number of carbonyl (C=O) groups excluding carboxylic acids is 7. The molecule has 0 spiro atoms. The Morgan fingerprint density at radius 1 is 0.843 bits per heavy atom. The van der Waals surface area contributed by atoms with Crippen LogP contribution in [0.15, 0.2) is 53.8 Å². The molecule has 6 aliphatic rings. The number of esters is 1. The minimum Gasteiger partial charge on any atom is -0.459 e. The van der Waals surface area contributed by atoms with Crippen molar-refractivity contribution in [1.29, 1.82) is 0 Å². The normalized spacial score (nSPS) is 34.4. The minimum absolute atomic E-state index is 0.00864. The molecule has 1 aliphatic carbocycles. The van der Waals surface area contributed by atoms with Crippen LogP contribution in [0.4, 0.5) is 10.7 Å². The Balaban J connectivity index is 1.04. The Morgan fingerprint density at radius 2 is 1.60 bits per heavy atom. The summed E-state index contributed by atoms with van der Waals surface area (Å²) in [5, 5.41) is 34.5. The van der Waals surface area contributed by atoms with Crippen molar-refractivity contribution < 1.29 is 77.3 Å². The highest BCUT2D eigenvalue weighted by Crippen LogP contribution is 2.38. The summed E-state index contributed by atoms with van der Waals surface area (Å²) in [6.07, 6.45) is 9.82. The van der Waals surface area contributed by atoms with Crippen LogP contribution < -0.4 is 10.6 Å². The van der Waals surface area contributed by atoms with Gasteiger partial charge in [-0.15, -0.1) is 0 Å². The lowest BCUT2D eigenvalue weighted by Gasteiger charge is -2.42. The number of fused-ring (bicyclic) bond motifs is 4. The standard InChI is InChI=1S/C66H99N7O16/c1-10-86-31-24-57(75)70-27-29-71(30-28-70)64-68-38-47-39-72(26-23-50(47)69-64)65(82)88-53-22-20-46(35-56(53)85-9)34-49(67)55-37-52(74)42(4)33-44(6)59(77)60(78)58(76)43(5)32-40(2)16-12-11-13-17-41(3)54(84-8)36-48-21-19-45(7)66(83,89-48)61(79)62(80)73-25-15-14-18-51(73)63(81)87-55/h11-13,16-17,33,38,40,42-43,45-46,48-49,51,53-56,59-60,77-78,83H,10,14-15,18-32,34-37,39,67H2,1-9H3/b13-11+,16-12+,41-17+,44-33+/t40-,42-,43-,45-,46+,48+,49-,51+,53-,54+,55+,56-,59-,60+,66-/m1/s1. The number of aliphatic hydroxyl groups excluding tert-OH is 2. The Labute approximate surface area is 524 Å². The molecule has 15 atom stereocenters. The van der Waals surface area contributed by atoms with Crippen LogP contribution in [0.2, 0.25) is 0 Å². The highest BCUT2D eigenvalue weighted by Gasteiger charge is 2.53. The Hall–Kier alpha value is -5.79. The van der Waals surface area contributed by atoms with Crippen LogP contribution >= 0.6 is 0 Å². The number of nitrogens with zero attached hydrogens (tertiary/aromatic N) is 6. The number of cyclic esters (lactones) is 1. The largest absolute Gasteiger partial charge is 0.459 e. The van der Waals surface area contributed by atoms with Crippen LogP contribution in [0.3, 0.4) is 0 Å². The van der Waals surface area contributed by atoms with Crippen LogP contribution in [0.5, 0.6) is 0 Å². The van der Waals surface area contributed by atoms with Gasteiger partial charge in [0.2, 0.25) is 17.6 Å². The van der Waals surface area contributed by atoms with E-state index in [1.54, 1.807) is 46.1 Å². The number of hydrogen-bond acceptors (Lipinski definition) is 20. The van der Waals surface area contributed by atoms with Gasteiger partial charge in [-0.2, -0.15) is 0 Å². The van der Waals surface area contributed by atoms with Crippen molar-refractivity contribution in [3.8, 4) is 0 Å². The third-order valence-corrected chi connectivity index (χ3v) is 19.0. The molecule has 494 valence electrons. The SMILES string of the molecule is CCOCCC(=O)N1CCN(c2ncc3c(n2)CCN(C(=O)O[C@@H]2CC[C@@H](C[C@@H](N)[C@@H]4CC(=O)[C@H](C)/C=C(\C)[C@@H](O)[C@@H](O)C(=O)[C@H](C)C[C@H](C)/C=C/C=C/C=C(\C)[C@@H](OC)C[C@@H]5CC[C@@H](C)[C@@](O)(O5)C(=O)C(=O)N5CCCC[C@H]5C(=O)O4)C[C@H]2OC)C3)CC1. The van der Waals surface area contributed by atoms with Crippen LogP contribution in [0, 0.1) is 29.6 Å². The highest BCUT2D eigenvalue weighted by atomic mass is 16.6. The molecule has 7 rings (SSSR count). The Bertz CT molecular complexity index is 2750. The van der Waals surface area contributed by atoms with Gasteiger partial charge in [0.1, 0.15) is 36.2 Å². The lowest BCUT2D eigenvalue weighted by atomic mass is 9.80. The fraction of sp³-hybridized carbons (Fsp3) is 0.712. The van der Waals surface area contributed by atoms with Gasteiger partial charge in [-0.05, 0) is 108 Å². The third-order valence-electron chi connectivity index (χ3n) is 19.0. The van der Waals surface area contributed by atoms with Gasteiger partial charge in [0, 0.05) is 115 Å². The van der Waals surface area contributed by atoms with E-state index < -0.39 is 120 Å². The van der Waals surface area contributed by atoms with Crippen molar-refractivity contribution in [2.75, 3.05) is 71.6 Å². The van der Waals surface area contributed by atoms with Gasteiger partial charge in [-0.3, -0.25) is 24.0 Å². The third kappa shape index (κ3) is 18.5. The fourth-order valence-electron chi connectivity index (χ4n) is 13.2. The number of hydrogen-bond donors (Lipinski definition) is 4. The summed E-state index contributed by atoms with van der Waals surface area (Å²) in [4.78, 5) is 114. The van der Waals surface area contributed by atoms with Crippen molar-refractivity contribution in [1.82, 2.24) is 24.7 Å². The maximum Gasteiger partial charge on any atom is 0.410 e. The van der Waals surface area contributed by atoms with E-state index in [2.05, 4.69) is 9.88 Å². The number of nitrogens with two attached hydrogens (primary N) is 1. The number of amides is 3. The summed E-state index contributed by atoms with van der Waals surface area (Å²) < 4.78 is 35.8. The first-order chi connectivity index (χ1) is 42.5. The van der Waals surface area contributed by atoms with Gasteiger partial charge in [0.05, 0.1) is 43.6 Å². The van der Waals surface area contributed by atoms with E-state index in [1.165, 1.54) is 13.0 Å². The van der Waals surface area contributed by atoms with E-state index in [9.17, 15) is 48.9 Å². The quantitative estimate of drug-likeness (QED) is 0.0947. The first kappa shape index (κ1) is 70.7. The second-order valence-corrected chi connectivity index (χ2v) is 25.5. The maximum absolute atomic E-state index is 14.7. The van der Waals surface area contributed by atoms with E-state index in [-0.39, 0.29) is 55.7 Å². The number of Topliss-reactive ketones (excluding diaryl/α,β-unsaturated/α-hetero) is 3. The smallest absolute Gasteiger partial charge is 0.410 e. The number of ether oxygens (including phenoxy) is 6. The number of methoxy groups -OCH3 is 2. The molecule has 0 radical (unpaired) electrons. The van der Waals surface area contributed by atoms with E-state index in [1.807, 2.05) is 56.1 Å². The molecular formula is C66H99N7O16. The number of piperidine rings is 1. The van der Waals surface area contributed by atoms with Crippen molar-refractivity contribution in [3.63, 3.8) is 0 Å². The van der Waals surface area contributed by atoms with Gasteiger partial charge in [-0.1, -0.05) is 64.2 Å². The second kappa shape index (κ2) is 33.0. The van der Waals surface area contributed by atoms with Crippen molar-refractivity contribution in [2.45, 2.75) is 206 Å². The number of aliphatic hydroxyl groups is 3. The van der Waals surface area contributed by atoms with Gasteiger partial charge >= 0.3 is 12.1 Å². The molecule has 6 heterocycles. The summed E-state index contributed by atoms with van der Waals surface area (Å²) >= 11 is 0. The second-order valence-electron chi connectivity index (χ2n) is 25.5. The predicted octanol–water partition coefficient (Wildman–Crippen LogP) is 5.29. The Kier molecular flexibility index (Phi) is 26.2. The molecule has 1 saturated carbocycles. The van der Waals surface area contributed by atoms with Crippen LogP contribution in [-0.2, 0) is 70.2 Å². The molecular weight excluding hydrogens is 1150 g/mol. The summed E-state index contributed by atoms with van der Waals surface area (Å²) in [6, 6.07) is -2.22. The van der Waals surface area contributed by atoms with Crippen LogP contribution in [-0.4, -0.2) is 209 Å². The molecule has 23 nitrogen and oxygen atoms in total. The molecule has 1 aromatic heterocycles. The van der Waals surface area contributed by atoms with Gasteiger partial charge in [0.25, 0.3) is 11.7 Å². The number of rotatable bonds is 11. The molecule has 0 unspecified atom stereocenters. The van der Waals surface area contributed by atoms with Gasteiger partial charge in [-0.25, -0.2) is 19.6 Å². The molecule has 5 aliphatic heterocycles. The lowest BCUT2D eigenvalue weighted by Crippen LogP contribution is -2.61. The monoisotopic (exact) mass is 1250 g/mol. The van der Waals surface area contributed by atoms with Crippen molar-refractivity contribution >= 4 is 47.2 Å². The number of ketones is 3. The van der Waals surface area contributed by atoms with Crippen LogP contribution in [0.1, 0.15) is 143 Å². The molecule has 5 N–H and O–H groups in total. The topological polar surface area (TPSA) is 300 Å². The summed E-state index contributed by atoms with van der Waals surface area (Å²) in [6.45, 7) is 16.1. The minimum atomic E-state index is -2.50. The summed E-state index contributed by atoms with van der Waals surface area (Å²) in [7, 11) is 3.10. The van der Waals surface area contributed by atoms with Gasteiger partial charge < -0.3 is 69.1 Å². The van der Waals surface area contributed by atoms with E-state index in [4.69, 9.17) is 39.1 Å². The number of anilines is 1. The van der Waals surface area contributed by atoms with E-state index in [0.717, 1.165) is 21.7 Å². The average Bonchev–Trinajstić information content (AvgIpc) is 1.87. The average molecular weight is 1250 g/mol. The molecule has 3 amide bonds. The molecule has 89 heavy (non-hydrogen) atoms. The number of piperazine rings is 1. The molecule has 23 heteroatoms. The number of carbonyl (C=O) groups is 7. The Morgan fingerprint density at radius 3 is 2.31 bits per heavy atom. The molecule has 4 fully saturated rings. The molecule has 2 bridgehead atoms. The predicted molar refractivity (Wildman–Crippen MR) is 329 cm³/mol. The van der Waals surface area contributed by atoms with Crippen molar-refractivity contribution in [2.24, 2.45) is 35.3 Å². The highest BCUT2D eigenvalue weighted by molar-refractivity contribution is 6.39. The molecule has 3 saturated heterocycles. The van der Waals surface area contributed by atoms with E-state index >= 15 is 0 Å². The zero-order chi connectivity index (χ0) is 64.7. The lowest BCUT2D eigenvalue weighted by molar-refractivity contribution is -0.265. The van der Waals surface area contributed by atoms with Gasteiger partial charge in [0.15, 0.2) is 5.78 Å². The van der Waals surface area contributed by atoms with E-state index in [0.29, 0.717) is 116 Å². The zero-order valence-corrected chi connectivity index (χ0v) is 53.8.